The fourth-order valence-electron chi connectivity index (χ4n) is 2.24. The van der Waals surface area contributed by atoms with Crippen LogP contribution in [0.2, 0.25) is 0 Å². The third-order valence-electron chi connectivity index (χ3n) is 3.33. The predicted octanol–water partition coefficient (Wildman–Crippen LogP) is 0.950. The average molecular weight is 273 g/mol. The summed E-state index contributed by atoms with van der Waals surface area (Å²) in [5, 5.41) is 3.94. The van der Waals surface area contributed by atoms with Gasteiger partial charge in [0.2, 0.25) is 5.89 Å². The van der Waals surface area contributed by atoms with Crippen molar-refractivity contribution in [1.29, 1.82) is 0 Å². The van der Waals surface area contributed by atoms with Crippen molar-refractivity contribution in [2.75, 3.05) is 24.6 Å². The lowest BCUT2D eigenvalue weighted by Gasteiger charge is -2.21. The molecule has 1 fully saturated rings. The van der Waals surface area contributed by atoms with Gasteiger partial charge in [-0.15, -0.1) is 0 Å². The first-order valence-electron chi connectivity index (χ1n) is 6.26. The molecule has 0 aromatic carbocycles. The third-order valence-corrected chi connectivity index (χ3v) is 5.02. The van der Waals surface area contributed by atoms with Gasteiger partial charge in [-0.2, -0.15) is 4.98 Å². The first kappa shape index (κ1) is 13.5. The molecule has 0 N–H and O–H groups in total. The molecule has 1 saturated heterocycles. The van der Waals surface area contributed by atoms with E-state index in [1.165, 1.54) is 0 Å². The zero-order valence-corrected chi connectivity index (χ0v) is 11.6. The highest BCUT2D eigenvalue weighted by molar-refractivity contribution is 7.91. The van der Waals surface area contributed by atoms with Crippen molar-refractivity contribution in [1.82, 2.24) is 15.0 Å². The highest BCUT2D eigenvalue weighted by atomic mass is 32.2. The van der Waals surface area contributed by atoms with Gasteiger partial charge >= 0.3 is 0 Å². The lowest BCUT2D eigenvalue weighted by Crippen LogP contribution is -2.30. The van der Waals surface area contributed by atoms with Gasteiger partial charge in [0.05, 0.1) is 11.8 Å². The summed E-state index contributed by atoms with van der Waals surface area (Å²) in [6.45, 7) is 4.89. The van der Waals surface area contributed by atoms with Gasteiger partial charge in [-0.3, -0.25) is 4.90 Å². The van der Waals surface area contributed by atoms with Crippen LogP contribution in [-0.2, 0) is 9.84 Å². The Balaban J connectivity index is 2.00. The molecular formula is C11H19N3O3S. The van der Waals surface area contributed by atoms with Crippen molar-refractivity contribution in [3.8, 4) is 0 Å². The van der Waals surface area contributed by atoms with Crippen LogP contribution < -0.4 is 0 Å². The Labute approximate surface area is 107 Å². The summed E-state index contributed by atoms with van der Waals surface area (Å²) < 4.78 is 28.0. The van der Waals surface area contributed by atoms with Crippen LogP contribution >= 0.6 is 0 Å². The molecule has 1 aliphatic rings. The van der Waals surface area contributed by atoms with Gasteiger partial charge in [-0.1, -0.05) is 12.1 Å². The molecule has 7 heteroatoms. The molecular weight excluding hydrogens is 254 g/mol. The Hall–Kier alpha value is -0.950. The maximum absolute atomic E-state index is 11.5. The maximum atomic E-state index is 11.5. The van der Waals surface area contributed by atoms with E-state index in [2.05, 4.69) is 15.0 Å². The standard InChI is InChI=1S/C11H19N3O3S/c1-3-18(15,16)8-7-14-6-4-5-10(14)11-12-9(2)17-13-11/h10H,3-8H2,1-2H3/t10-/m1/s1. The van der Waals surface area contributed by atoms with Crippen LogP contribution in [0.4, 0.5) is 0 Å². The Morgan fingerprint density at radius 2 is 2.28 bits per heavy atom. The fraction of sp³-hybridized carbons (Fsp3) is 0.818. The minimum absolute atomic E-state index is 0.106. The minimum atomic E-state index is -2.91. The molecule has 0 radical (unpaired) electrons. The number of likely N-dealkylation sites (tertiary alicyclic amines) is 1. The van der Waals surface area contributed by atoms with Crippen molar-refractivity contribution in [3.63, 3.8) is 0 Å². The second-order valence-electron chi connectivity index (χ2n) is 4.60. The molecule has 6 nitrogen and oxygen atoms in total. The highest BCUT2D eigenvalue weighted by Gasteiger charge is 2.30. The van der Waals surface area contributed by atoms with Gasteiger partial charge in [-0.05, 0) is 19.4 Å². The van der Waals surface area contributed by atoms with Crippen LogP contribution in [0.15, 0.2) is 4.52 Å². The van der Waals surface area contributed by atoms with Crippen molar-refractivity contribution in [3.05, 3.63) is 11.7 Å². The summed E-state index contributed by atoms with van der Waals surface area (Å²) in [7, 11) is -2.91. The molecule has 0 spiro atoms. The van der Waals surface area contributed by atoms with E-state index in [0.29, 0.717) is 18.3 Å². The van der Waals surface area contributed by atoms with E-state index in [0.717, 1.165) is 19.4 Å². The van der Waals surface area contributed by atoms with Gasteiger partial charge in [0.25, 0.3) is 0 Å². The summed E-state index contributed by atoms with van der Waals surface area (Å²) in [6.07, 6.45) is 2.01. The van der Waals surface area contributed by atoms with Crippen molar-refractivity contribution in [2.45, 2.75) is 32.7 Å². The first-order chi connectivity index (χ1) is 8.52. The average Bonchev–Trinajstić information content (AvgIpc) is 2.94. The van der Waals surface area contributed by atoms with Crippen LogP contribution in [0.1, 0.15) is 37.5 Å². The largest absolute Gasteiger partial charge is 0.340 e. The van der Waals surface area contributed by atoms with Gasteiger partial charge in [0, 0.05) is 19.2 Å². The van der Waals surface area contributed by atoms with E-state index in [4.69, 9.17) is 4.52 Å². The molecule has 1 aromatic rings. The van der Waals surface area contributed by atoms with E-state index in [1.807, 2.05) is 0 Å². The number of nitrogens with zero attached hydrogens (tertiary/aromatic N) is 3. The lowest BCUT2D eigenvalue weighted by atomic mass is 10.2. The first-order valence-corrected chi connectivity index (χ1v) is 8.08. The molecule has 2 rings (SSSR count). The van der Waals surface area contributed by atoms with Crippen LogP contribution in [0, 0.1) is 6.92 Å². The Kier molecular flexibility index (Phi) is 4.01. The summed E-state index contributed by atoms with van der Waals surface area (Å²) in [6, 6.07) is 0.106. The maximum Gasteiger partial charge on any atom is 0.223 e. The molecule has 1 atom stereocenters. The lowest BCUT2D eigenvalue weighted by molar-refractivity contribution is 0.255. The Morgan fingerprint density at radius 3 is 2.89 bits per heavy atom. The minimum Gasteiger partial charge on any atom is -0.340 e. The molecule has 0 aliphatic carbocycles. The van der Waals surface area contributed by atoms with E-state index in [1.54, 1.807) is 13.8 Å². The van der Waals surface area contributed by atoms with Crippen LogP contribution in [-0.4, -0.2) is 48.1 Å². The van der Waals surface area contributed by atoms with Gasteiger partial charge < -0.3 is 4.52 Å². The number of aromatic nitrogens is 2. The predicted molar refractivity (Wildman–Crippen MR) is 66.9 cm³/mol. The van der Waals surface area contributed by atoms with Crippen LogP contribution in [0.5, 0.6) is 0 Å². The van der Waals surface area contributed by atoms with Crippen molar-refractivity contribution in [2.24, 2.45) is 0 Å². The summed E-state index contributed by atoms with van der Waals surface area (Å²) in [4.78, 5) is 6.38. The molecule has 0 bridgehead atoms. The second-order valence-corrected chi connectivity index (χ2v) is 7.07. The quantitative estimate of drug-likeness (QED) is 0.795. The van der Waals surface area contributed by atoms with Gasteiger partial charge in [-0.25, -0.2) is 8.42 Å². The highest BCUT2D eigenvalue weighted by Crippen LogP contribution is 2.29. The number of hydrogen-bond donors (Lipinski definition) is 0. The van der Waals surface area contributed by atoms with Crippen LogP contribution in [0.25, 0.3) is 0 Å². The Morgan fingerprint density at radius 1 is 1.50 bits per heavy atom. The number of sulfone groups is 1. The number of aryl methyl sites for hydroxylation is 1. The zero-order chi connectivity index (χ0) is 13.2. The normalized spacial score (nSPS) is 21.6. The van der Waals surface area contributed by atoms with Crippen molar-refractivity contribution >= 4 is 9.84 Å². The molecule has 1 aliphatic heterocycles. The SMILES string of the molecule is CCS(=O)(=O)CCN1CCC[C@@H]1c1noc(C)n1. The summed E-state index contributed by atoms with van der Waals surface area (Å²) in [5.41, 5.74) is 0. The number of hydrogen-bond acceptors (Lipinski definition) is 6. The topological polar surface area (TPSA) is 76.3 Å². The fourth-order valence-corrected chi connectivity index (χ4v) is 3.04. The van der Waals surface area contributed by atoms with E-state index >= 15 is 0 Å². The monoisotopic (exact) mass is 273 g/mol. The summed E-state index contributed by atoms with van der Waals surface area (Å²) in [5.74, 6) is 1.64. The molecule has 0 saturated carbocycles. The molecule has 0 amide bonds. The van der Waals surface area contributed by atoms with Gasteiger partial charge in [0.15, 0.2) is 15.7 Å². The molecule has 102 valence electrons. The zero-order valence-electron chi connectivity index (χ0n) is 10.8. The van der Waals surface area contributed by atoms with E-state index < -0.39 is 9.84 Å². The van der Waals surface area contributed by atoms with Gasteiger partial charge in [0.1, 0.15) is 0 Å². The smallest absolute Gasteiger partial charge is 0.223 e. The summed E-state index contributed by atoms with van der Waals surface area (Å²) >= 11 is 0. The van der Waals surface area contributed by atoms with E-state index in [-0.39, 0.29) is 17.5 Å². The Bertz CT molecular complexity index is 497. The third kappa shape index (κ3) is 3.08. The molecule has 2 heterocycles. The molecule has 0 unspecified atom stereocenters. The molecule has 1 aromatic heterocycles. The van der Waals surface area contributed by atoms with E-state index in [9.17, 15) is 8.42 Å². The van der Waals surface area contributed by atoms with Crippen molar-refractivity contribution < 1.29 is 12.9 Å². The van der Waals surface area contributed by atoms with Crippen LogP contribution in [0.3, 0.4) is 0 Å². The molecule has 18 heavy (non-hydrogen) atoms. The number of rotatable bonds is 5. The second kappa shape index (κ2) is 5.36.